The van der Waals surface area contributed by atoms with Crippen molar-refractivity contribution >= 4 is 32.4 Å². The van der Waals surface area contributed by atoms with Crippen LogP contribution in [-0.2, 0) is 0 Å². The monoisotopic (exact) mass is 384 g/mol. The first-order chi connectivity index (χ1) is 13.0. The maximum Gasteiger partial charge on any atom is 0.246 e. The first kappa shape index (κ1) is 18.9. The number of rotatable bonds is 6. The smallest absolute Gasteiger partial charge is 0.246 e. The van der Waals surface area contributed by atoms with E-state index >= 15 is 0 Å². The van der Waals surface area contributed by atoms with Crippen molar-refractivity contribution in [3.05, 3.63) is 35.2 Å². The van der Waals surface area contributed by atoms with Crippen LogP contribution in [-0.4, -0.2) is 49.5 Å². The summed E-state index contributed by atoms with van der Waals surface area (Å²) in [7, 11) is 5.05. The minimum absolute atomic E-state index is 0.00315. The normalized spacial score (nSPS) is 10.7. The molecule has 0 fully saturated rings. The number of ether oxygens (including phenoxy) is 2. The molecule has 140 valence electrons. The van der Waals surface area contributed by atoms with Gasteiger partial charge in [-0.2, -0.15) is 0 Å². The summed E-state index contributed by atoms with van der Waals surface area (Å²) in [6.07, 6.45) is 0. The molecule has 3 aromatic rings. The molecule has 0 saturated carbocycles. The number of likely N-dealkylation sites (N-methyl/N-ethyl adjacent to an activating group) is 1. The molecule has 27 heavy (non-hydrogen) atoms. The summed E-state index contributed by atoms with van der Waals surface area (Å²) in [5, 5.41) is 10.8. The molecule has 3 rings (SSSR count). The zero-order valence-electron chi connectivity index (χ0n) is 15.6. The number of fused-ring (bicyclic) bond motifs is 1. The molecular formula is C19H20N4O3S. The van der Waals surface area contributed by atoms with Crippen LogP contribution in [0.1, 0.15) is 5.56 Å². The van der Waals surface area contributed by atoms with E-state index < -0.39 is 0 Å². The van der Waals surface area contributed by atoms with Gasteiger partial charge in [0, 0.05) is 30.6 Å². The van der Waals surface area contributed by atoms with Gasteiger partial charge in [-0.3, -0.25) is 0 Å². The van der Waals surface area contributed by atoms with Crippen LogP contribution in [0.2, 0.25) is 0 Å². The van der Waals surface area contributed by atoms with Crippen LogP contribution in [0.3, 0.4) is 0 Å². The highest BCUT2D eigenvalue weighted by molar-refractivity contribution is 7.22. The second kappa shape index (κ2) is 7.78. The lowest BCUT2D eigenvalue weighted by Crippen LogP contribution is -2.22. The largest absolute Gasteiger partial charge is 0.497 e. The Kier molecular flexibility index (Phi) is 5.44. The Morgan fingerprint density at radius 3 is 2.41 bits per heavy atom. The van der Waals surface area contributed by atoms with E-state index in [0.29, 0.717) is 34.7 Å². The molecule has 0 unspecified atom stereocenters. The van der Waals surface area contributed by atoms with E-state index in [0.717, 1.165) is 21.3 Å². The van der Waals surface area contributed by atoms with E-state index in [2.05, 4.69) is 4.85 Å². The highest BCUT2D eigenvalue weighted by atomic mass is 32.1. The molecule has 0 amide bonds. The third-order valence-electron chi connectivity index (χ3n) is 4.25. The Morgan fingerprint density at radius 1 is 1.19 bits per heavy atom. The summed E-state index contributed by atoms with van der Waals surface area (Å²) in [5.41, 5.74) is 1.61. The molecule has 1 aromatic carbocycles. The topological polar surface area (TPSA) is 72.1 Å². The Labute approximate surface area is 161 Å². The van der Waals surface area contributed by atoms with Gasteiger partial charge in [-0.25, -0.2) is 14.8 Å². The summed E-state index contributed by atoms with van der Waals surface area (Å²) in [6, 6.07) is 5.47. The van der Waals surface area contributed by atoms with Crippen molar-refractivity contribution < 1.29 is 14.6 Å². The van der Waals surface area contributed by atoms with E-state index in [9.17, 15) is 5.11 Å². The van der Waals surface area contributed by atoms with Gasteiger partial charge >= 0.3 is 0 Å². The number of aliphatic hydroxyl groups is 1. The number of nitrogens with zero attached hydrogens (tertiary/aromatic N) is 4. The second-order valence-electron chi connectivity index (χ2n) is 5.94. The molecular weight excluding hydrogens is 364 g/mol. The summed E-state index contributed by atoms with van der Waals surface area (Å²) >= 11 is 1.35. The number of aryl methyl sites for hydroxylation is 1. The van der Waals surface area contributed by atoms with Crippen molar-refractivity contribution in [1.82, 2.24) is 9.97 Å². The molecule has 2 heterocycles. The number of hydrogen-bond donors (Lipinski definition) is 1. The van der Waals surface area contributed by atoms with Crippen molar-refractivity contribution in [2.24, 2.45) is 0 Å². The molecule has 0 spiro atoms. The van der Waals surface area contributed by atoms with Crippen LogP contribution >= 0.6 is 11.3 Å². The molecule has 8 heteroatoms. The fourth-order valence-corrected chi connectivity index (χ4v) is 3.77. The predicted molar refractivity (Wildman–Crippen MR) is 107 cm³/mol. The molecule has 1 N–H and O–H groups in total. The number of benzene rings is 1. The molecule has 0 bridgehead atoms. The highest BCUT2D eigenvalue weighted by Crippen LogP contribution is 2.41. The first-order valence-corrected chi connectivity index (χ1v) is 9.08. The van der Waals surface area contributed by atoms with Gasteiger partial charge in [-0.15, -0.1) is 11.3 Å². The van der Waals surface area contributed by atoms with Gasteiger partial charge in [-0.1, -0.05) is 0 Å². The quantitative estimate of drug-likeness (QED) is 0.654. The van der Waals surface area contributed by atoms with Crippen LogP contribution in [0.5, 0.6) is 11.5 Å². The number of thiophene rings is 1. The lowest BCUT2D eigenvalue weighted by molar-refractivity contribution is 0.304. The summed E-state index contributed by atoms with van der Waals surface area (Å²) < 4.78 is 10.7. The third kappa shape index (κ3) is 3.52. The number of methoxy groups -OCH3 is 2. The SMILES string of the molecule is [C-]#[N+]c1sc2nc(-c3cc(OC)cc(OC)c3)nc(N(C)CCO)c2c1C. The van der Waals surface area contributed by atoms with Crippen molar-refractivity contribution in [2.45, 2.75) is 6.92 Å². The summed E-state index contributed by atoms with van der Waals surface area (Å²) in [5.74, 6) is 2.48. The molecule has 0 radical (unpaired) electrons. The number of hydrogen-bond acceptors (Lipinski definition) is 7. The predicted octanol–water partition coefficient (Wildman–Crippen LogP) is 3.66. The highest BCUT2D eigenvalue weighted by Gasteiger charge is 2.19. The van der Waals surface area contributed by atoms with Gasteiger partial charge in [-0.05, 0) is 24.6 Å². The van der Waals surface area contributed by atoms with Gasteiger partial charge in [0.2, 0.25) is 5.00 Å². The maximum atomic E-state index is 9.35. The minimum atomic E-state index is 0.00315. The number of anilines is 1. The van der Waals surface area contributed by atoms with Gasteiger partial charge in [0.1, 0.15) is 22.1 Å². The van der Waals surface area contributed by atoms with Gasteiger partial charge in [0.25, 0.3) is 0 Å². The van der Waals surface area contributed by atoms with E-state index in [1.54, 1.807) is 20.3 Å². The first-order valence-electron chi connectivity index (χ1n) is 8.26. The van der Waals surface area contributed by atoms with Gasteiger partial charge < -0.3 is 19.5 Å². The average Bonchev–Trinajstić information content (AvgIpc) is 3.02. The molecule has 2 aromatic heterocycles. The Balaban J connectivity index is 2.27. The van der Waals surface area contributed by atoms with Crippen molar-refractivity contribution in [3.8, 4) is 22.9 Å². The Morgan fingerprint density at radius 2 is 1.85 bits per heavy atom. The average molecular weight is 384 g/mol. The van der Waals surface area contributed by atoms with Crippen LogP contribution < -0.4 is 14.4 Å². The van der Waals surface area contributed by atoms with E-state index in [4.69, 9.17) is 26.0 Å². The van der Waals surface area contributed by atoms with Crippen LogP contribution in [0.4, 0.5) is 10.8 Å². The van der Waals surface area contributed by atoms with E-state index in [-0.39, 0.29) is 6.61 Å². The number of aliphatic hydroxyl groups excluding tert-OH is 1. The molecule has 0 aliphatic heterocycles. The molecule has 0 aliphatic rings. The standard InChI is InChI=1S/C19H20N4O3S/c1-11-15-17(23(3)6-7-24)21-16(22-19(15)27-18(11)20-2)12-8-13(25-4)10-14(9-12)26-5/h8-10,24H,6-7H2,1,3-5H3. The zero-order chi connectivity index (χ0) is 19.6. The summed E-state index contributed by atoms with van der Waals surface area (Å²) in [6.45, 7) is 9.73. The van der Waals surface area contributed by atoms with Crippen LogP contribution in [0.15, 0.2) is 18.2 Å². The summed E-state index contributed by atoms with van der Waals surface area (Å²) in [4.78, 5) is 15.7. The lowest BCUT2D eigenvalue weighted by atomic mass is 10.1. The van der Waals surface area contributed by atoms with Gasteiger partial charge in [0.15, 0.2) is 5.82 Å². The second-order valence-corrected chi connectivity index (χ2v) is 6.92. The Bertz CT molecular complexity index is 1000. The van der Waals surface area contributed by atoms with Crippen LogP contribution in [0.25, 0.3) is 26.4 Å². The van der Waals surface area contributed by atoms with Crippen molar-refractivity contribution in [3.63, 3.8) is 0 Å². The van der Waals surface area contributed by atoms with E-state index in [1.165, 1.54) is 11.3 Å². The van der Waals surface area contributed by atoms with E-state index in [1.807, 2.05) is 31.0 Å². The third-order valence-corrected chi connectivity index (χ3v) is 5.33. The molecule has 0 atom stereocenters. The minimum Gasteiger partial charge on any atom is -0.497 e. The van der Waals surface area contributed by atoms with Gasteiger partial charge in [0.05, 0.1) is 27.4 Å². The fraction of sp³-hybridized carbons (Fsp3) is 0.316. The lowest BCUT2D eigenvalue weighted by Gasteiger charge is -2.19. The zero-order valence-corrected chi connectivity index (χ0v) is 16.4. The van der Waals surface area contributed by atoms with Crippen LogP contribution in [0, 0.1) is 13.5 Å². The van der Waals surface area contributed by atoms with Crippen molar-refractivity contribution in [2.75, 3.05) is 39.3 Å². The molecule has 0 saturated heterocycles. The Hall–Kier alpha value is -2.89. The number of aromatic nitrogens is 2. The molecule has 7 nitrogen and oxygen atoms in total. The fourth-order valence-electron chi connectivity index (χ4n) is 2.81. The van der Waals surface area contributed by atoms with Crippen molar-refractivity contribution in [1.29, 1.82) is 0 Å². The molecule has 0 aliphatic carbocycles. The maximum absolute atomic E-state index is 9.35.